The third-order valence-corrected chi connectivity index (χ3v) is 2.70. The minimum atomic E-state index is -1.26. The van der Waals surface area contributed by atoms with Gasteiger partial charge in [-0.3, -0.25) is 4.79 Å². The van der Waals surface area contributed by atoms with Crippen molar-refractivity contribution in [2.75, 3.05) is 5.32 Å². The molecule has 1 unspecified atom stereocenters. The van der Waals surface area contributed by atoms with Gasteiger partial charge in [0, 0.05) is 18.2 Å². The number of halogens is 3. The molecule has 0 heterocycles. The van der Waals surface area contributed by atoms with Crippen LogP contribution in [-0.2, 0) is 4.79 Å². The van der Waals surface area contributed by atoms with Gasteiger partial charge in [-0.15, -0.1) is 0 Å². The molecule has 18 heavy (non-hydrogen) atoms. The van der Waals surface area contributed by atoms with Crippen LogP contribution in [-0.4, -0.2) is 18.0 Å². The molecule has 1 amide bonds. The Kier molecular flexibility index (Phi) is 3.45. The molecule has 0 aliphatic heterocycles. The summed E-state index contributed by atoms with van der Waals surface area (Å²) >= 11 is 0. The van der Waals surface area contributed by atoms with Gasteiger partial charge in [0.1, 0.15) is 11.9 Å². The molecule has 0 saturated heterocycles. The maximum Gasteiger partial charge on any atom is 0.242 e. The Morgan fingerprint density at radius 1 is 1.22 bits per heavy atom. The number of carbonyl (C=O) groups is 1. The summed E-state index contributed by atoms with van der Waals surface area (Å²) in [7, 11) is 0. The minimum Gasteiger partial charge on any atom is -0.371 e. The molecule has 6 heteroatoms. The second-order valence-electron chi connectivity index (χ2n) is 4.40. The Morgan fingerprint density at radius 2 is 1.83 bits per heavy atom. The SMILES string of the molecule is CC(Nc1cc(F)c(F)cc1F)C(=O)NC1CC1. The van der Waals surface area contributed by atoms with Crippen molar-refractivity contribution < 1.29 is 18.0 Å². The Labute approximate surface area is 102 Å². The van der Waals surface area contributed by atoms with Crippen molar-refractivity contribution >= 4 is 11.6 Å². The summed E-state index contributed by atoms with van der Waals surface area (Å²) < 4.78 is 39.0. The molecule has 1 aliphatic carbocycles. The van der Waals surface area contributed by atoms with E-state index in [4.69, 9.17) is 0 Å². The number of hydrogen-bond acceptors (Lipinski definition) is 2. The van der Waals surface area contributed by atoms with Crippen molar-refractivity contribution in [3.8, 4) is 0 Å². The molecule has 0 radical (unpaired) electrons. The van der Waals surface area contributed by atoms with Crippen LogP contribution in [0.5, 0.6) is 0 Å². The van der Waals surface area contributed by atoms with Crippen molar-refractivity contribution in [1.29, 1.82) is 0 Å². The maximum absolute atomic E-state index is 13.3. The normalized spacial score (nSPS) is 16.2. The maximum atomic E-state index is 13.3. The molecule has 1 aromatic rings. The van der Waals surface area contributed by atoms with E-state index in [1.807, 2.05) is 0 Å². The van der Waals surface area contributed by atoms with Crippen molar-refractivity contribution in [3.63, 3.8) is 0 Å². The predicted molar refractivity (Wildman–Crippen MR) is 60.6 cm³/mol. The van der Waals surface area contributed by atoms with Crippen LogP contribution in [0.2, 0.25) is 0 Å². The zero-order chi connectivity index (χ0) is 13.3. The molecule has 1 atom stereocenters. The van der Waals surface area contributed by atoms with E-state index >= 15 is 0 Å². The lowest BCUT2D eigenvalue weighted by Crippen LogP contribution is -2.38. The highest BCUT2D eigenvalue weighted by Gasteiger charge is 2.26. The molecule has 1 aliphatic rings. The number of nitrogens with one attached hydrogen (secondary N) is 2. The van der Waals surface area contributed by atoms with Gasteiger partial charge in [0.2, 0.25) is 5.91 Å². The first-order valence-electron chi connectivity index (χ1n) is 5.69. The zero-order valence-electron chi connectivity index (χ0n) is 9.77. The van der Waals surface area contributed by atoms with E-state index in [9.17, 15) is 18.0 Å². The standard InChI is InChI=1S/C12H13F3N2O/c1-6(12(18)17-7-2-3-7)16-11-5-9(14)8(13)4-10(11)15/h4-7,16H,2-3H2,1H3,(H,17,18). The van der Waals surface area contributed by atoms with Gasteiger partial charge in [-0.05, 0) is 19.8 Å². The van der Waals surface area contributed by atoms with Crippen molar-refractivity contribution in [2.45, 2.75) is 31.8 Å². The first-order valence-corrected chi connectivity index (χ1v) is 5.69. The van der Waals surface area contributed by atoms with Crippen LogP contribution in [0.3, 0.4) is 0 Å². The molecule has 2 N–H and O–H groups in total. The van der Waals surface area contributed by atoms with Crippen LogP contribution in [0.1, 0.15) is 19.8 Å². The van der Waals surface area contributed by atoms with Crippen LogP contribution < -0.4 is 10.6 Å². The third-order valence-electron chi connectivity index (χ3n) is 2.70. The lowest BCUT2D eigenvalue weighted by molar-refractivity contribution is -0.121. The summed E-state index contributed by atoms with van der Waals surface area (Å²) in [6.45, 7) is 1.53. The largest absolute Gasteiger partial charge is 0.371 e. The average Bonchev–Trinajstić information content (AvgIpc) is 3.09. The monoisotopic (exact) mass is 258 g/mol. The van der Waals surface area contributed by atoms with Gasteiger partial charge in [-0.1, -0.05) is 0 Å². The number of benzene rings is 1. The van der Waals surface area contributed by atoms with Crippen LogP contribution in [0.15, 0.2) is 12.1 Å². The highest BCUT2D eigenvalue weighted by Crippen LogP contribution is 2.21. The third kappa shape index (κ3) is 2.94. The number of rotatable bonds is 4. The average molecular weight is 258 g/mol. The molecule has 0 bridgehead atoms. The Balaban J connectivity index is 2.03. The van der Waals surface area contributed by atoms with Crippen molar-refractivity contribution in [2.24, 2.45) is 0 Å². The highest BCUT2D eigenvalue weighted by atomic mass is 19.2. The van der Waals surface area contributed by atoms with Crippen molar-refractivity contribution in [1.82, 2.24) is 5.32 Å². The summed E-state index contributed by atoms with van der Waals surface area (Å²) in [6, 6.07) is 0.621. The van der Waals surface area contributed by atoms with Crippen LogP contribution >= 0.6 is 0 Å². The Hall–Kier alpha value is -1.72. The first kappa shape index (κ1) is 12.7. The first-order chi connectivity index (χ1) is 8.47. The highest BCUT2D eigenvalue weighted by molar-refractivity contribution is 5.84. The fourth-order valence-corrected chi connectivity index (χ4v) is 1.49. The van der Waals surface area contributed by atoms with Gasteiger partial charge in [0.15, 0.2) is 11.6 Å². The second-order valence-corrected chi connectivity index (χ2v) is 4.40. The summed E-state index contributed by atoms with van der Waals surface area (Å²) in [6.07, 6.45) is 1.88. The molecular formula is C12H13F3N2O. The quantitative estimate of drug-likeness (QED) is 0.813. The molecular weight excluding hydrogens is 245 g/mol. The van der Waals surface area contributed by atoms with E-state index in [1.165, 1.54) is 6.92 Å². The van der Waals surface area contributed by atoms with Gasteiger partial charge in [0.25, 0.3) is 0 Å². The number of amides is 1. The molecule has 3 nitrogen and oxygen atoms in total. The van der Waals surface area contributed by atoms with E-state index in [-0.39, 0.29) is 17.6 Å². The van der Waals surface area contributed by atoms with E-state index in [2.05, 4.69) is 10.6 Å². The zero-order valence-corrected chi connectivity index (χ0v) is 9.77. The molecule has 98 valence electrons. The predicted octanol–water partition coefficient (Wildman–Crippen LogP) is 2.18. The topological polar surface area (TPSA) is 41.1 Å². The summed E-state index contributed by atoms with van der Waals surface area (Å²) in [5.41, 5.74) is -0.229. The summed E-state index contributed by atoms with van der Waals surface area (Å²) in [5, 5.41) is 5.25. The fourth-order valence-electron chi connectivity index (χ4n) is 1.49. The summed E-state index contributed by atoms with van der Waals surface area (Å²) in [5.74, 6) is -3.64. The molecule has 0 spiro atoms. The van der Waals surface area contributed by atoms with Crippen LogP contribution in [0, 0.1) is 17.5 Å². The van der Waals surface area contributed by atoms with Gasteiger partial charge in [0.05, 0.1) is 5.69 Å². The minimum absolute atomic E-state index is 0.191. The molecule has 1 aromatic carbocycles. The van der Waals surface area contributed by atoms with Gasteiger partial charge < -0.3 is 10.6 Å². The molecule has 1 fully saturated rings. The molecule has 2 rings (SSSR count). The van der Waals surface area contributed by atoms with E-state index in [0.29, 0.717) is 12.1 Å². The lowest BCUT2D eigenvalue weighted by atomic mass is 10.2. The second kappa shape index (κ2) is 4.88. The van der Waals surface area contributed by atoms with Crippen LogP contribution in [0.4, 0.5) is 18.9 Å². The van der Waals surface area contributed by atoms with Gasteiger partial charge in [-0.2, -0.15) is 0 Å². The Morgan fingerprint density at radius 3 is 2.44 bits per heavy atom. The van der Waals surface area contributed by atoms with E-state index in [0.717, 1.165) is 12.8 Å². The number of hydrogen-bond donors (Lipinski definition) is 2. The van der Waals surface area contributed by atoms with E-state index in [1.54, 1.807) is 0 Å². The van der Waals surface area contributed by atoms with Gasteiger partial charge >= 0.3 is 0 Å². The number of carbonyl (C=O) groups excluding carboxylic acids is 1. The van der Waals surface area contributed by atoms with Gasteiger partial charge in [-0.25, -0.2) is 13.2 Å². The van der Waals surface area contributed by atoms with Crippen LogP contribution in [0.25, 0.3) is 0 Å². The molecule has 0 aromatic heterocycles. The Bertz CT molecular complexity index is 475. The molecule has 1 saturated carbocycles. The smallest absolute Gasteiger partial charge is 0.242 e. The van der Waals surface area contributed by atoms with Crippen molar-refractivity contribution in [3.05, 3.63) is 29.6 Å². The lowest BCUT2D eigenvalue weighted by Gasteiger charge is -2.15. The van der Waals surface area contributed by atoms with E-state index < -0.39 is 23.5 Å². The number of anilines is 1. The summed E-state index contributed by atoms with van der Waals surface area (Å²) in [4.78, 5) is 11.6. The fraction of sp³-hybridized carbons (Fsp3) is 0.417.